The van der Waals surface area contributed by atoms with Gasteiger partial charge in [-0.25, -0.2) is 4.39 Å². The molecule has 2 aromatic rings. The number of carboxylic acid groups (broad SMARTS) is 1. The Bertz CT molecular complexity index is 1020. The molecule has 2 aromatic carbocycles. The lowest BCUT2D eigenvalue weighted by Crippen LogP contribution is -2.32. The first-order valence-electron chi connectivity index (χ1n) is 8.22. The second kappa shape index (κ2) is 8.41. The van der Waals surface area contributed by atoms with Crippen molar-refractivity contribution in [2.24, 2.45) is 5.73 Å². The van der Waals surface area contributed by atoms with E-state index in [2.05, 4.69) is 5.32 Å². The van der Waals surface area contributed by atoms with Crippen molar-refractivity contribution in [1.29, 1.82) is 0 Å². The smallest absolute Gasteiger partial charge is 0.320 e. The van der Waals surface area contributed by atoms with Crippen molar-refractivity contribution >= 4 is 35.0 Å². The highest BCUT2D eigenvalue weighted by molar-refractivity contribution is 8.18. The predicted octanol–water partition coefficient (Wildman–Crippen LogP) is 3.04. The molecule has 1 saturated heterocycles. The summed E-state index contributed by atoms with van der Waals surface area (Å²) in [6.45, 7) is 0. The van der Waals surface area contributed by atoms with E-state index in [0.29, 0.717) is 5.56 Å². The second-order valence-corrected chi connectivity index (χ2v) is 7.04. The van der Waals surface area contributed by atoms with E-state index in [1.54, 1.807) is 12.1 Å². The number of aliphatic carboxylic acids is 1. The SMILES string of the molecule is NC(Cc1ccc(Oc2ccc(/C=C3/SC(=O)NC3=O)cc2)c(F)c1F)C(=O)O. The van der Waals surface area contributed by atoms with Gasteiger partial charge in [-0.2, -0.15) is 4.39 Å². The number of carbonyl (C=O) groups is 3. The molecule has 1 heterocycles. The van der Waals surface area contributed by atoms with Gasteiger partial charge in [0.15, 0.2) is 11.6 Å². The highest BCUT2D eigenvalue weighted by atomic mass is 32.2. The fourth-order valence-corrected chi connectivity index (χ4v) is 3.15. The molecule has 1 aliphatic rings. The first kappa shape index (κ1) is 20.5. The maximum absolute atomic E-state index is 14.3. The molecule has 3 rings (SSSR count). The van der Waals surface area contributed by atoms with Crippen molar-refractivity contribution in [3.8, 4) is 11.5 Å². The second-order valence-electron chi connectivity index (χ2n) is 6.02. The van der Waals surface area contributed by atoms with Gasteiger partial charge in [-0.3, -0.25) is 19.7 Å². The molecule has 0 aromatic heterocycles. The van der Waals surface area contributed by atoms with Crippen LogP contribution in [0.3, 0.4) is 0 Å². The Labute approximate surface area is 167 Å². The fourth-order valence-electron chi connectivity index (χ4n) is 2.46. The van der Waals surface area contributed by atoms with Crippen LogP contribution in [0.1, 0.15) is 11.1 Å². The minimum absolute atomic E-state index is 0.173. The number of ether oxygens (including phenoxy) is 1. The number of hydrogen-bond acceptors (Lipinski definition) is 6. The minimum Gasteiger partial charge on any atom is -0.480 e. The van der Waals surface area contributed by atoms with Gasteiger partial charge in [0.2, 0.25) is 5.82 Å². The van der Waals surface area contributed by atoms with Gasteiger partial charge < -0.3 is 15.6 Å². The summed E-state index contributed by atoms with van der Waals surface area (Å²) >= 11 is 0.779. The van der Waals surface area contributed by atoms with E-state index in [1.165, 1.54) is 30.3 Å². The van der Waals surface area contributed by atoms with E-state index in [-0.39, 0.29) is 28.4 Å². The van der Waals surface area contributed by atoms with Gasteiger partial charge in [0, 0.05) is 6.42 Å². The number of benzene rings is 2. The molecule has 1 atom stereocenters. The fraction of sp³-hybridized carbons (Fsp3) is 0.105. The molecule has 4 N–H and O–H groups in total. The average Bonchev–Trinajstić information content (AvgIpc) is 2.99. The number of imide groups is 1. The molecule has 0 bridgehead atoms. The number of carboxylic acids is 1. The van der Waals surface area contributed by atoms with E-state index < -0.39 is 34.8 Å². The van der Waals surface area contributed by atoms with E-state index in [9.17, 15) is 23.2 Å². The molecule has 1 unspecified atom stereocenters. The minimum atomic E-state index is -1.35. The molecule has 0 aliphatic carbocycles. The van der Waals surface area contributed by atoms with E-state index in [4.69, 9.17) is 15.6 Å². The van der Waals surface area contributed by atoms with E-state index in [0.717, 1.165) is 11.8 Å². The van der Waals surface area contributed by atoms with Crippen LogP contribution in [-0.2, 0) is 16.0 Å². The van der Waals surface area contributed by atoms with Crippen molar-refractivity contribution < 1.29 is 33.0 Å². The number of nitrogens with two attached hydrogens (primary N) is 1. The first-order valence-corrected chi connectivity index (χ1v) is 9.04. The topological polar surface area (TPSA) is 119 Å². The predicted molar refractivity (Wildman–Crippen MR) is 101 cm³/mol. The number of rotatable bonds is 6. The monoisotopic (exact) mass is 420 g/mol. The molecular weight excluding hydrogens is 406 g/mol. The third-order valence-electron chi connectivity index (χ3n) is 3.93. The molecule has 10 heteroatoms. The van der Waals surface area contributed by atoms with Gasteiger partial charge in [-0.1, -0.05) is 18.2 Å². The van der Waals surface area contributed by atoms with Crippen LogP contribution in [0.25, 0.3) is 6.08 Å². The Morgan fingerprint density at radius 2 is 1.86 bits per heavy atom. The van der Waals surface area contributed by atoms with Crippen LogP contribution in [-0.4, -0.2) is 28.3 Å². The number of thioether (sulfide) groups is 1. The van der Waals surface area contributed by atoms with Crippen LogP contribution in [0.15, 0.2) is 41.3 Å². The van der Waals surface area contributed by atoms with E-state index >= 15 is 0 Å². The van der Waals surface area contributed by atoms with Crippen molar-refractivity contribution in [3.05, 3.63) is 64.1 Å². The highest BCUT2D eigenvalue weighted by Crippen LogP contribution is 2.30. The summed E-state index contributed by atoms with van der Waals surface area (Å²) in [5, 5.41) is 10.5. The van der Waals surface area contributed by atoms with Crippen molar-refractivity contribution in [2.45, 2.75) is 12.5 Å². The Morgan fingerprint density at radius 1 is 1.17 bits per heavy atom. The van der Waals surface area contributed by atoms with Crippen molar-refractivity contribution in [1.82, 2.24) is 5.32 Å². The molecular formula is C19H14F2N2O5S. The standard InChI is InChI=1S/C19H14F2N2O5S/c20-15-10(8-12(22)18(25)26)3-6-13(16(15)21)28-11-4-1-9(2-5-11)7-14-17(24)23-19(27)29-14/h1-7,12H,8,22H2,(H,25,26)(H,23,24,27)/b14-7+. The maximum atomic E-state index is 14.3. The summed E-state index contributed by atoms with van der Waals surface area (Å²) < 4.78 is 33.8. The number of nitrogens with one attached hydrogen (secondary N) is 1. The Morgan fingerprint density at radius 3 is 2.45 bits per heavy atom. The maximum Gasteiger partial charge on any atom is 0.320 e. The van der Waals surface area contributed by atoms with Gasteiger partial charge in [-0.15, -0.1) is 0 Å². The lowest BCUT2D eigenvalue weighted by atomic mass is 10.1. The summed E-state index contributed by atoms with van der Waals surface area (Å²) in [6.07, 6.45) is 1.14. The number of hydrogen-bond donors (Lipinski definition) is 3. The zero-order chi connectivity index (χ0) is 21.1. The zero-order valence-electron chi connectivity index (χ0n) is 14.6. The van der Waals surface area contributed by atoms with Crippen molar-refractivity contribution in [2.75, 3.05) is 0 Å². The Hall–Kier alpha value is -3.24. The normalized spacial score (nSPS) is 16.0. The number of halogens is 2. The van der Waals surface area contributed by atoms with Gasteiger partial charge in [0.05, 0.1) is 4.91 Å². The van der Waals surface area contributed by atoms with Crippen LogP contribution in [0.2, 0.25) is 0 Å². The Kier molecular flexibility index (Phi) is 5.95. The van der Waals surface area contributed by atoms with Crippen LogP contribution in [0.5, 0.6) is 11.5 Å². The molecule has 2 amide bonds. The summed E-state index contributed by atoms with van der Waals surface area (Å²) in [6, 6.07) is 7.16. The molecule has 0 spiro atoms. The molecule has 29 heavy (non-hydrogen) atoms. The summed E-state index contributed by atoms with van der Waals surface area (Å²) in [4.78, 5) is 33.7. The zero-order valence-corrected chi connectivity index (χ0v) is 15.5. The lowest BCUT2D eigenvalue weighted by molar-refractivity contribution is -0.138. The van der Waals surface area contributed by atoms with Crippen LogP contribution < -0.4 is 15.8 Å². The lowest BCUT2D eigenvalue weighted by Gasteiger charge is -2.11. The highest BCUT2D eigenvalue weighted by Gasteiger charge is 2.25. The van der Waals surface area contributed by atoms with Gasteiger partial charge in [-0.05, 0) is 47.2 Å². The molecule has 150 valence electrons. The summed E-state index contributed by atoms with van der Waals surface area (Å²) in [7, 11) is 0. The van der Waals surface area contributed by atoms with Crippen LogP contribution in [0.4, 0.5) is 13.6 Å². The molecule has 7 nitrogen and oxygen atoms in total. The third-order valence-corrected chi connectivity index (χ3v) is 4.74. The number of amides is 2. The van der Waals surface area contributed by atoms with Crippen molar-refractivity contribution in [3.63, 3.8) is 0 Å². The van der Waals surface area contributed by atoms with E-state index in [1.807, 2.05) is 0 Å². The van der Waals surface area contributed by atoms with Gasteiger partial charge in [0.25, 0.3) is 11.1 Å². The first-order chi connectivity index (χ1) is 13.7. The average molecular weight is 420 g/mol. The quantitative estimate of drug-likeness (QED) is 0.615. The molecule has 0 saturated carbocycles. The molecule has 0 radical (unpaired) electrons. The number of carbonyl (C=O) groups excluding carboxylic acids is 2. The van der Waals surface area contributed by atoms with Crippen LogP contribution >= 0.6 is 11.8 Å². The summed E-state index contributed by atoms with van der Waals surface area (Å²) in [5.41, 5.74) is 5.78. The molecule has 1 aliphatic heterocycles. The largest absolute Gasteiger partial charge is 0.480 e. The van der Waals surface area contributed by atoms with Gasteiger partial charge in [0.1, 0.15) is 11.8 Å². The Balaban J connectivity index is 1.74. The summed E-state index contributed by atoms with van der Waals surface area (Å²) in [5.74, 6) is -4.46. The van der Waals surface area contributed by atoms with Crippen LogP contribution in [0, 0.1) is 11.6 Å². The third kappa shape index (κ3) is 4.79. The molecule has 1 fully saturated rings. The van der Waals surface area contributed by atoms with Gasteiger partial charge >= 0.3 is 5.97 Å².